The lowest BCUT2D eigenvalue weighted by atomic mass is 10.0. The topological polar surface area (TPSA) is 56.0 Å². The Morgan fingerprint density at radius 2 is 2.12 bits per heavy atom. The molecule has 0 N–H and O–H groups in total. The average Bonchev–Trinajstić information content (AvgIpc) is 2.76. The van der Waals surface area contributed by atoms with Crippen LogP contribution in [0.5, 0.6) is 0 Å². The molecule has 2 aromatic heterocycles. The van der Waals surface area contributed by atoms with E-state index in [0.717, 1.165) is 11.0 Å². The lowest BCUT2D eigenvalue weighted by Crippen LogP contribution is -1.95. The van der Waals surface area contributed by atoms with Crippen molar-refractivity contribution in [1.82, 2.24) is 25.0 Å². The van der Waals surface area contributed by atoms with E-state index in [1.54, 1.807) is 10.7 Å². The van der Waals surface area contributed by atoms with E-state index in [-0.39, 0.29) is 0 Å². The molecule has 0 aliphatic carbocycles. The molecule has 3 rings (SSSR count). The van der Waals surface area contributed by atoms with Gasteiger partial charge in [0.25, 0.3) is 0 Å². The zero-order chi connectivity index (χ0) is 11.1. The van der Waals surface area contributed by atoms with Gasteiger partial charge >= 0.3 is 0 Å². The third-order valence-electron chi connectivity index (χ3n) is 2.71. The van der Waals surface area contributed by atoms with Crippen LogP contribution in [0.1, 0.15) is 25.3 Å². The van der Waals surface area contributed by atoms with Crippen molar-refractivity contribution < 1.29 is 0 Å². The van der Waals surface area contributed by atoms with Crippen LogP contribution in [0.15, 0.2) is 24.4 Å². The molecule has 2 heterocycles. The largest absolute Gasteiger partial charge is 0.251 e. The summed E-state index contributed by atoms with van der Waals surface area (Å²) in [6, 6.07) is 6.19. The predicted octanol–water partition coefficient (Wildman–Crippen LogP) is 1.80. The summed E-state index contributed by atoms with van der Waals surface area (Å²) in [4.78, 5) is 4.32. The summed E-state index contributed by atoms with van der Waals surface area (Å²) < 4.78 is 1.72. The normalized spacial score (nSPS) is 11.7. The van der Waals surface area contributed by atoms with E-state index < -0.39 is 0 Å². The highest BCUT2D eigenvalue weighted by Gasteiger charge is 2.06. The quantitative estimate of drug-likeness (QED) is 0.618. The first-order chi connectivity index (χ1) is 7.75. The maximum absolute atomic E-state index is 4.32. The molecule has 16 heavy (non-hydrogen) atoms. The zero-order valence-corrected chi connectivity index (χ0v) is 9.12. The minimum atomic E-state index is 0.483. The smallest absolute Gasteiger partial charge is 0.198 e. The van der Waals surface area contributed by atoms with Crippen LogP contribution in [0, 0.1) is 0 Å². The van der Waals surface area contributed by atoms with Gasteiger partial charge in [0.2, 0.25) is 0 Å². The summed E-state index contributed by atoms with van der Waals surface area (Å²) in [6.45, 7) is 4.32. The summed E-state index contributed by atoms with van der Waals surface area (Å²) in [5.41, 5.74) is 3.80. The van der Waals surface area contributed by atoms with Crippen molar-refractivity contribution in [3.05, 3.63) is 30.0 Å². The van der Waals surface area contributed by atoms with Crippen molar-refractivity contribution in [2.45, 2.75) is 19.8 Å². The van der Waals surface area contributed by atoms with E-state index >= 15 is 0 Å². The van der Waals surface area contributed by atoms with E-state index in [1.807, 2.05) is 6.07 Å². The molecule has 5 heteroatoms. The Morgan fingerprint density at radius 3 is 2.94 bits per heavy atom. The Bertz CT molecular complexity index is 656. The Morgan fingerprint density at radius 1 is 1.25 bits per heavy atom. The summed E-state index contributed by atoms with van der Waals surface area (Å²) in [6.07, 6.45) is 1.68. The van der Waals surface area contributed by atoms with Gasteiger partial charge in [0.05, 0.1) is 17.2 Å². The van der Waals surface area contributed by atoms with Gasteiger partial charge in [-0.15, -0.1) is 5.10 Å². The molecule has 0 spiro atoms. The third-order valence-corrected chi connectivity index (χ3v) is 2.71. The van der Waals surface area contributed by atoms with E-state index in [1.165, 1.54) is 5.56 Å². The van der Waals surface area contributed by atoms with Crippen molar-refractivity contribution in [3.63, 3.8) is 0 Å². The molecular formula is C11H11N5. The Balaban J connectivity index is 2.41. The number of hydrogen-bond acceptors (Lipinski definition) is 4. The first-order valence-electron chi connectivity index (χ1n) is 5.22. The molecule has 5 nitrogen and oxygen atoms in total. The fourth-order valence-corrected chi connectivity index (χ4v) is 1.75. The molecule has 80 valence electrons. The molecule has 3 aromatic rings. The highest BCUT2D eigenvalue weighted by Crippen LogP contribution is 2.19. The van der Waals surface area contributed by atoms with Gasteiger partial charge in [-0.1, -0.05) is 19.9 Å². The number of benzene rings is 1. The van der Waals surface area contributed by atoms with Crippen LogP contribution in [0.3, 0.4) is 0 Å². The van der Waals surface area contributed by atoms with Crippen molar-refractivity contribution in [1.29, 1.82) is 0 Å². The molecule has 0 aliphatic heterocycles. The van der Waals surface area contributed by atoms with Crippen LogP contribution in [0.4, 0.5) is 0 Å². The van der Waals surface area contributed by atoms with Crippen LogP contribution in [-0.4, -0.2) is 25.0 Å². The Kier molecular flexibility index (Phi) is 1.86. The van der Waals surface area contributed by atoms with E-state index in [0.29, 0.717) is 11.6 Å². The molecule has 0 fully saturated rings. The maximum atomic E-state index is 4.32. The summed E-state index contributed by atoms with van der Waals surface area (Å²) in [5, 5.41) is 11.5. The molecule has 0 radical (unpaired) electrons. The van der Waals surface area contributed by atoms with Gasteiger partial charge in [-0.2, -0.15) is 4.52 Å². The van der Waals surface area contributed by atoms with Crippen LogP contribution in [0.2, 0.25) is 0 Å². The zero-order valence-electron chi connectivity index (χ0n) is 9.12. The van der Waals surface area contributed by atoms with Gasteiger partial charge in [-0.25, -0.2) is 0 Å². The van der Waals surface area contributed by atoms with Crippen LogP contribution in [0.25, 0.3) is 16.7 Å². The summed E-state index contributed by atoms with van der Waals surface area (Å²) in [5.74, 6) is 0.483. The van der Waals surface area contributed by atoms with Gasteiger partial charge in [0.15, 0.2) is 5.65 Å². The number of fused-ring (bicyclic) bond motifs is 3. The molecule has 0 unspecified atom stereocenters. The third kappa shape index (κ3) is 1.25. The average molecular weight is 213 g/mol. The summed E-state index contributed by atoms with van der Waals surface area (Å²) >= 11 is 0. The van der Waals surface area contributed by atoms with E-state index in [4.69, 9.17) is 0 Å². The second-order valence-electron chi connectivity index (χ2n) is 4.11. The van der Waals surface area contributed by atoms with Crippen LogP contribution >= 0.6 is 0 Å². The number of nitrogens with zero attached hydrogens (tertiary/aromatic N) is 5. The van der Waals surface area contributed by atoms with Crippen LogP contribution < -0.4 is 0 Å². The van der Waals surface area contributed by atoms with Crippen molar-refractivity contribution in [3.8, 4) is 0 Å². The second-order valence-corrected chi connectivity index (χ2v) is 4.11. The monoisotopic (exact) mass is 213 g/mol. The Labute approximate surface area is 92.1 Å². The number of tetrazole rings is 1. The van der Waals surface area contributed by atoms with Gasteiger partial charge in [0.1, 0.15) is 0 Å². The van der Waals surface area contributed by atoms with Gasteiger partial charge in [0, 0.05) is 0 Å². The number of aromatic nitrogens is 5. The molecule has 0 amide bonds. The van der Waals surface area contributed by atoms with Gasteiger partial charge < -0.3 is 0 Å². The first-order valence-corrected chi connectivity index (χ1v) is 5.22. The van der Waals surface area contributed by atoms with E-state index in [2.05, 4.69) is 46.5 Å². The molecule has 1 aromatic carbocycles. The summed E-state index contributed by atoms with van der Waals surface area (Å²) in [7, 11) is 0. The predicted molar refractivity (Wildman–Crippen MR) is 60.2 cm³/mol. The lowest BCUT2D eigenvalue weighted by molar-refractivity contribution is 0.835. The number of hydrogen-bond donors (Lipinski definition) is 0. The maximum Gasteiger partial charge on any atom is 0.198 e. The standard InChI is InChI=1S/C11H11N5/c1-7(2)8-3-4-9-10(5-8)16-11(6-12-9)13-14-15-16/h3-7H,1-2H3. The second kappa shape index (κ2) is 3.23. The Hall–Kier alpha value is -2.04. The van der Waals surface area contributed by atoms with E-state index in [9.17, 15) is 0 Å². The molecular weight excluding hydrogens is 202 g/mol. The number of rotatable bonds is 1. The first kappa shape index (κ1) is 9.21. The van der Waals surface area contributed by atoms with Crippen LogP contribution in [-0.2, 0) is 0 Å². The van der Waals surface area contributed by atoms with Crippen molar-refractivity contribution in [2.24, 2.45) is 0 Å². The van der Waals surface area contributed by atoms with Gasteiger partial charge in [-0.3, -0.25) is 4.98 Å². The molecule has 0 saturated carbocycles. The molecule has 0 bridgehead atoms. The minimum Gasteiger partial charge on any atom is -0.251 e. The van der Waals surface area contributed by atoms with Crippen molar-refractivity contribution >= 4 is 16.7 Å². The highest BCUT2D eigenvalue weighted by atomic mass is 15.5. The minimum absolute atomic E-state index is 0.483. The molecule has 0 saturated heterocycles. The van der Waals surface area contributed by atoms with Gasteiger partial charge in [-0.05, 0) is 34.0 Å². The molecule has 0 aliphatic rings. The van der Waals surface area contributed by atoms with Crippen molar-refractivity contribution in [2.75, 3.05) is 0 Å². The molecule has 0 atom stereocenters. The fraction of sp³-hybridized carbons (Fsp3) is 0.273. The highest BCUT2D eigenvalue weighted by molar-refractivity contribution is 5.77. The lowest BCUT2D eigenvalue weighted by Gasteiger charge is -2.06. The SMILES string of the molecule is CC(C)c1ccc2ncc3nnnn3c2c1. The fourth-order valence-electron chi connectivity index (χ4n) is 1.75.